The van der Waals surface area contributed by atoms with Gasteiger partial charge < -0.3 is 15.4 Å². The summed E-state index contributed by atoms with van der Waals surface area (Å²) in [6.45, 7) is 5.80. The fourth-order valence-electron chi connectivity index (χ4n) is 1.64. The van der Waals surface area contributed by atoms with Gasteiger partial charge in [-0.05, 0) is 32.4 Å². The van der Waals surface area contributed by atoms with Crippen molar-refractivity contribution in [1.82, 2.24) is 10.6 Å². The molecule has 0 radical (unpaired) electrons. The van der Waals surface area contributed by atoms with Crippen LogP contribution in [-0.2, 0) is 16.1 Å². The first-order chi connectivity index (χ1) is 9.65. The largest absolute Gasteiger partial charge is 0.466 e. The molecule has 0 saturated heterocycles. The van der Waals surface area contributed by atoms with Crippen molar-refractivity contribution in [2.24, 2.45) is 4.99 Å². The van der Waals surface area contributed by atoms with Crippen LogP contribution in [0.4, 0.5) is 0 Å². The Labute approximate surface area is 147 Å². The molecule has 1 heterocycles. The molecule has 1 aromatic heterocycles. The summed E-state index contributed by atoms with van der Waals surface area (Å²) in [6, 6.07) is 4.22. The van der Waals surface area contributed by atoms with Crippen molar-refractivity contribution in [2.45, 2.75) is 33.2 Å². The molecule has 0 unspecified atom stereocenters. The van der Waals surface area contributed by atoms with E-state index in [1.807, 2.05) is 6.92 Å². The molecule has 0 spiro atoms. The van der Waals surface area contributed by atoms with Crippen LogP contribution >= 0.6 is 35.3 Å². The Morgan fingerprint density at radius 2 is 2.14 bits per heavy atom. The van der Waals surface area contributed by atoms with Gasteiger partial charge in [-0.15, -0.1) is 35.3 Å². The van der Waals surface area contributed by atoms with E-state index in [1.165, 1.54) is 9.75 Å². The van der Waals surface area contributed by atoms with E-state index in [1.54, 1.807) is 18.4 Å². The van der Waals surface area contributed by atoms with Crippen LogP contribution in [-0.4, -0.2) is 32.1 Å². The highest BCUT2D eigenvalue weighted by Gasteiger charge is 2.03. The van der Waals surface area contributed by atoms with Crippen LogP contribution in [0.1, 0.15) is 29.5 Å². The van der Waals surface area contributed by atoms with Crippen molar-refractivity contribution < 1.29 is 9.53 Å². The molecular formula is C14H24IN3O2S. The summed E-state index contributed by atoms with van der Waals surface area (Å²) in [6.07, 6.45) is 1.17. The van der Waals surface area contributed by atoms with Crippen LogP contribution in [0.25, 0.3) is 0 Å². The van der Waals surface area contributed by atoms with Gasteiger partial charge in [0.25, 0.3) is 0 Å². The minimum absolute atomic E-state index is 0. The number of carbonyl (C=O) groups excluding carboxylic acids is 1. The summed E-state index contributed by atoms with van der Waals surface area (Å²) in [5.41, 5.74) is 0. The molecule has 0 aliphatic carbocycles. The Morgan fingerprint density at radius 3 is 2.71 bits per heavy atom. The van der Waals surface area contributed by atoms with Gasteiger partial charge >= 0.3 is 5.97 Å². The van der Waals surface area contributed by atoms with Gasteiger partial charge in [-0.3, -0.25) is 9.79 Å². The number of hydrogen-bond acceptors (Lipinski definition) is 4. The summed E-state index contributed by atoms with van der Waals surface area (Å²) in [5.74, 6) is 0.603. The van der Waals surface area contributed by atoms with Gasteiger partial charge in [-0.2, -0.15) is 0 Å². The monoisotopic (exact) mass is 425 g/mol. The van der Waals surface area contributed by atoms with Gasteiger partial charge in [0.05, 0.1) is 13.2 Å². The minimum atomic E-state index is -0.147. The molecule has 2 N–H and O–H groups in total. The molecule has 1 aromatic rings. The molecular weight excluding hydrogens is 401 g/mol. The maximum Gasteiger partial charge on any atom is 0.305 e. The van der Waals surface area contributed by atoms with Crippen LogP contribution in [0.3, 0.4) is 0 Å². The summed E-state index contributed by atoms with van der Waals surface area (Å²) in [4.78, 5) is 17.9. The number of aryl methyl sites for hydroxylation is 1. The van der Waals surface area contributed by atoms with E-state index in [-0.39, 0.29) is 29.9 Å². The highest BCUT2D eigenvalue weighted by atomic mass is 127. The number of carbonyl (C=O) groups is 1. The smallest absolute Gasteiger partial charge is 0.305 e. The zero-order valence-corrected chi connectivity index (χ0v) is 15.9. The number of ether oxygens (including phenoxy) is 1. The standard InChI is InChI=1S/C14H23N3O2S.HI/c1-4-19-13(18)6-5-9-16-14(15-3)17-10-12-8-7-11(2)20-12;/h7-8H,4-6,9-10H2,1-3H3,(H2,15,16,17);1H. The number of hydrogen-bond donors (Lipinski definition) is 2. The zero-order chi connectivity index (χ0) is 14.8. The summed E-state index contributed by atoms with van der Waals surface area (Å²) in [7, 11) is 1.74. The SMILES string of the molecule is CCOC(=O)CCCNC(=NC)NCc1ccc(C)s1.I. The molecule has 1 rings (SSSR count). The van der Waals surface area contributed by atoms with Gasteiger partial charge in [-0.1, -0.05) is 0 Å². The topological polar surface area (TPSA) is 62.7 Å². The minimum Gasteiger partial charge on any atom is -0.466 e. The Hall–Kier alpha value is -0.830. The molecule has 0 aromatic carbocycles. The second-order valence-electron chi connectivity index (χ2n) is 4.27. The number of halogens is 1. The maximum absolute atomic E-state index is 11.2. The number of rotatable bonds is 7. The van der Waals surface area contributed by atoms with Crippen LogP contribution in [0.2, 0.25) is 0 Å². The molecule has 5 nitrogen and oxygen atoms in total. The average molecular weight is 425 g/mol. The van der Waals surface area contributed by atoms with Crippen molar-refractivity contribution in [3.8, 4) is 0 Å². The molecule has 0 aliphatic heterocycles. The van der Waals surface area contributed by atoms with E-state index in [9.17, 15) is 4.79 Å². The lowest BCUT2D eigenvalue weighted by atomic mass is 10.3. The molecule has 0 saturated carbocycles. The predicted molar refractivity (Wildman–Crippen MR) is 98.5 cm³/mol. The molecule has 0 fully saturated rings. The number of nitrogens with one attached hydrogen (secondary N) is 2. The lowest BCUT2D eigenvalue weighted by Gasteiger charge is -2.10. The van der Waals surface area contributed by atoms with Gasteiger partial charge in [0.1, 0.15) is 0 Å². The fraction of sp³-hybridized carbons (Fsp3) is 0.571. The lowest BCUT2D eigenvalue weighted by molar-refractivity contribution is -0.143. The van der Waals surface area contributed by atoms with E-state index in [0.29, 0.717) is 19.6 Å². The summed E-state index contributed by atoms with van der Waals surface area (Å²) >= 11 is 1.77. The Balaban J connectivity index is 0.00000400. The normalized spacial score (nSPS) is 10.7. The summed E-state index contributed by atoms with van der Waals surface area (Å²) < 4.78 is 4.87. The third-order valence-corrected chi connectivity index (χ3v) is 3.61. The van der Waals surface area contributed by atoms with Crippen LogP contribution < -0.4 is 10.6 Å². The quantitative estimate of drug-likeness (QED) is 0.232. The Kier molecular flexibility index (Phi) is 11.3. The van der Waals surface area contributed by atoms with Crippen LogP contribution in [0.5, 0.6) is 0 Å². The van der Waals surface area contributed by atoms with E-state index in [4.69, 9.17) is 4.74 Å². The first kappa shape index (κ1) is 20.2. The van der Waals surface area contributed by atoms with Crippen molar-refractivity contribution in [3.63, 3.8) is 0 Å². The molecule has 21 heavy (non-hydrogen) atoms. The van der Waals surface area contributed by atoms with E-state index in [0.717, 1.165) is 18.9 Å². The number of guanidine groups is 1. The second kappa shape index (κ2) is 11.8. The highest BCUT2D eigenvalue weighted by molar-refractivity contribution is 14.0. The van der Waals surface area contributed by atoms with Gasteiger partial charge in [0.2, 0.25) is 0 Å². The molecule has 0 amide bonds. The van der Waals surface area contributed by atoms with Crippen molar-refractivity contribution in [1.29, 1.82) is 0 Å². The first-order valence-electron chi connectivity index (χ1n) is 6.81. The van der Waals surface area contributed by atoms with Gasteiger partial charge in [-0.25, -0.2) is 0 Å². The second-order valence-corrected chi connectivity index (χ2v) is 5.65. The number of thiophene rings is 1. The third kappa shape index (κ3) is 8.92. The van der Waals surface area contributed by atoms with Crippen molar-refractivity contribution in [3.05, 3.63) is 21.9 Å². The van der Waals surface area contributed by atoms with Gasteiger partial charge in [0.15, 0.2) is 5.96 Å². The van der Waals surface area contributed by atoms with Gasteiger partial charge in [0, 0.05) is 29.8 Å². The average Bonchev–Trinajstić information content (AvgIpc) is 2.84. The third-order valence-electron chi connectivity index (χ3n) is 2.61. The fourth-order valence-corrected chi connectivity index (χ4v) is 2.47. The van der Waals surface area contributed by atoms with E-state index in [2.05, 4.69) is 34.7 Å². The van der Waals surface area contributed by atoms with Crippen LogP contribution in [0, 0.1) is 6.92 Å². The number of nitrogens with zero attached hydrogens (tertiary/aromatic N) is 1. The molecule has 0 aliphatic rings. The zero-order valence-electron chi connectivity index (χ0n) is 12.8. The lowest BCUT2D eigenvalue weighted by Crippen LogP contribution is -2.37. The number of esters is 1. The maximum atomic E-state index is 11.2. The Morgan fingerprint density at radius 1 is 1.38 bits per heavy atom. The van der Waals surface area contributed by atoms with E-state index >= 15 is 0 Å². The Bertz CT molecular complexity index is 449. The molecule has 0 atom stereocenters. The van der Waals surface area contributed by atoms with Crippen molar-refractivity contribution in [2.75, 3.05) is 20.2 Å². The summed E-state index contributed by atoms with van der Waals surface area (Å²) in [5, 5.41) is 6.43. The molecule has 0 bridgehead atoms. The van der Waals surface area contributed by atoms with Crippen molar-refractivity contribution >= 4 is 47.2 Å². The van der Waals surface area contributed by atoms with Crippen LogP contribution in [0.15, 0.2) is 17.1 Å². The number of aliphatic imine (C=N–C) groups is 1. The molecule has 7 heteroatoms. The first-order valence-corrected chi connectivity index (χ1v) is 7.62. The molecule has 120 valence electrons. The highest BCUT2D eigenvalue weighted by Crippen LogP contribution is 2.14. The predicted octanol–water partition coefficient (Wildman–Crippen LogP) is 2.68. The van der Waals surface area contributed by atoms with E-state index < -0.39 is 0 Å².